The number of halogens is 1. The SMILES string of the molecule is CCC(CCO)CNCc1ccc(Br)c([N+](=O)[O-])c1. The summed E-state index contributed by atoms with van der Waals surface area (Å²) in [4.78, 5) is 10.4. The largest absolute Gasteiger partial charge is 0.396 e. The van der Waals surface area contributed by atoms with E-state index in [-0.39, 0.29) is 12.3 Å². The average Bonchev–Trinajstić information content (AvgIpc) is 2.39. The molecule has 1 rings (SSSR count). The Morgan fingerprint density at radius 1 is 1.53 bits per heavy atom. The molecule has 19 heavy (non-hydrogen) atoms. The number of hydrogen-bond donors (Lipinski definition) is 2. The van der Waals surface area contributed by atoms with Crippen LogP contribution in [-0.2, 0) is 6.54 Å². The number of nitrogens with zero attached hydrogens (tertiary/aromatic N) is 1. The molecule has 0 saturated heterocycles. The molecular formula is C13H19BrN2O3. The van der Waals surface area contributed by atoms with Gasteiger partial charge in [-0.05, 0) is 46.4 Å². The molecule has 0 radical (unpaired) electrons. The standard InChI is InChI=1S/C13H19BrN2O3/c1-2-10(5-6-17)8-15-9-11-3-4-12(14)13(7-11)16(18)19/h3-4,7,10,15,17H,2,5-6,8-9H2,1H3. The molecule has 0 spiro atoms. The summed E-state index contributed by atoms with van der Waals surface area (Å²) in [6.07, 6.45) is 1.79. The average molecular weight is 331 g/mol. The van der Waals surface area contributed by atoms with E-state index in [2.05, 4.69) is 28.2 Å². The first-order valence-corrected chi connectivity index (χ1v) is 7.12. The third-order valence-electron chi connectivity index (χ3n) is 3.08. The fourth-order valence-corrected chi connectivity index (χ4v) is 2.25. The third kappa shape index (κ3) is 5.26. The minimum absolute atomic E-state index is 0.0849. The molecule has 5 nitrogen and oxygen atoms in total. The first-order chi connectivity index (χ1) is 9.08. The predicted octanol–water partition coefficient (Wildman–Crippen LogP) is 2.86. The van der Waals surface area contributed by atoms with Crippen molar-refractivity contribution in [3.05, 3.63) is 38.3 Å². The zero-order valence-electron chi connectivity index (χ0n) is 10.9. The van der Waals surface area contributed by atoms with Gasteiger partial charge in [0, 0.05) is 19.2 Å². The van der Waals surface area contributed by atoms with Crippen LogP contribution in [-0.4, -0.2) is 23.2 Å². The zero-order chi connectivity index (χ0) is 14.3. The summed E-state index contributed by atoms with van der Waals surface area (Å²) in [5.41, 5.74) is 0.968. The van der Waals surface area contributed by atoms with Crippen LogP contribution in [0.1, 0.15) is 25.3 Å². The van der Waals surface area contributed by atoms with E-state index in [0.717, 1.165) is 24.9 Å². The van der Waals surface area contributed by atoms with Crippen molar-refractivity contribution in [2.75, 3.05) is 13.2 Å². The zero-order valence-corrected chi connectivity index (χ0v) is 12.5. The van der Waals surface area contributed by atoms with E-state index >= 15 is 0 Å². The summed E-state index contributed by atoms with van der Waals surface area (Å²) >= 11 is 3.16. The Bertz CT molecular complexity index is 426. The van der Waals surface area contributed by atoms with Crippen LogP contribution in [0.4, 0.5) is 5.69 Å². The smallest absolute Gasteiger partial charge is 0.283 e. The Morgan fingerprint density at radius 3 is 2.84 bits per heavy atom. The lowest BCUT2D eigenvalue weighted by Gasteiger charge is -2.14. The second kappa shape index (κ2) is 8.24. The van der Waals surface area contributed by atoms with Crippen molar-refractivity contribution in [3.8, 4) is 0 Å². The number of nitrogens with one attached hydrogen (secondary N) is 1. The summed E-state index contributed by atoms with van der Waals surface area (Å²) < 4.78 is 0.493. The molecule has 1 aromatic rings. The van der Waals surface area contributed by atoms with Gasteiger partial charge in [-0.1, -0.05) is 19.4 Å². The molecule has 0 aromatic heterocycles. The van der Waals surface area contributed by atoms with E-state index < -0.39 is 4.92 Å². The number of benzene rings is 1. The molecule has 1 atom stereocenters. The van der Waals surface area contributed by atoms with Crippen LogP contribution in [0.15, 0.2) is 22.7 Å². The normalized spacial score (nSPS) is 12.4. The highest BCUT2D eigenvalue weighted by Crippen LogP contribution is 2.25. The van der Waals surface area contributed by atoms with Gasteiger partial charge in [-0.25, -0.2) is 0 Å². The number of nitro groups is 1. The Labute approximate surface area is 121 Å². The second-order valence-electron chi connectivity index (χ2n) is 4.46. The fourth-order valence-electron chi connectivity index (χ4n) is 1.86. The van der Waals surface area contributed by atoms with E-state index in [4.69, 9.17) is 5.11 Å². The highest BCUT2D eigenvalue weighted by atomic mass is 79.9. The van der Waals surface area contributed by atoms with Gasteiger partial charge < -0.3 is 10.4 Å². The van der Waals surface area contributed by atoms with Crippen molar-refractivity contribution in [1.29, 1.82) is 0 Å². The lowest BCUT2D eigenvalue weighted by Crippen LogP contribution is -2.22. The third-order valence-corrected chi connectivity index (χ3v) is 3.75. The Hall–Kier alpha value is -0.980. The van der Waals surface area contributed by atoms with Gasteiger partial charge in [0.1, 0.15) is 0 Å². The molecule has 0 bridgehead atoms. The maximum absolute atomic E-state index is 10.8. The highest BCUT2D eigenvalue weighted by molar-refractivity contribution is 9.10. The van der Waals surface area contributed by atoms with Gasteiger partial charge in [0.15, 0.2) is 0 Å². The monoisotopic (exact) mass is 330 g/mol. The van der Waals surface area contributed by atoms with Gasteiger partial charge in [-0.15, -0.1) is 0 Å². The summed E-state index contributed by atoms with van der Waals surface area (Å²) in [6, 6.07) is 5.13. The summed E-state index contributed by atoms with van der Waals surface area (Å²) in [6.45, 7) is 3.69. The van der Waals surface area contributed by atoms with Crippen LogP contribution in [0.2, 0.25) is 0 Å². The maximum Gasteiger partial charge on any atom is 0.283 e. The second-order valence-corrected chi connectivity index (χ2v) is 5.31. The lowest BCUT2D eigenvalue weighted by molar-refractivity contribution is -0.385. The highest BCUT2D eigenvalue weighted by Gasteiger charge is 2.12. The molecule has 0 aliphatic heterocycles. The summed E-state index contributed by atoms with van der Waals surface area (Å²) in [7, 11) is 0. The number of aliphatic hydroxyl groups excluding tert-OH is 1. The Morgan fingerprint density at radius 2 is 2.26 bits per heavy atom. The number of rotatable bonds is 8. The maximum atomic E-state index is 10.8. The fraction of sp³-hybridized carbons (Fsp3) is 0.538. The van der Waals surface area contributed by atoms with Crippen LogP contribution in [0.3, 0.4) is 0 Å². The first kappa shape index (κ1) is 16.1. The summed E-state index contributed by atoms with van der Waals surface area (Å²) in [5.74, 6) is 0.440. The van der Waals surface area contributed by atoms with Crippen LogP contribution < -0.4 is 5.32 Å². The van der Waals surface area contributed by atoms with E-state index in [1.165, 1.54) is 0 Å². The van der Waals surface area contributed by atoms with Gasteiger partial charge >= 0.3 is 0 Å². The number of nitro benzene ring substituents is 1. The van der Waals surface area contributed by atoms with Crippen LogP contribution in [0.5, 0.6) is 0 Å². The molecule has 2 N–H and O–H groups in total. The molecule has 0 aliphatic carbocycles. The molecule has 6 heteroatoms. The molecule has 0 amide bonds. The molecule has 106 valence electrons. The minimum Gasteiger partial charge on any atom is -0.396 e. The quantitative estimate of drug-likeness (QED) is 0.567. The molecular weight excluding hydrogens is 312 g/mol. The predicted molar refractivity (Wildman–Crippen MR) is 78.0 cm³/mol. The van der Waals surface area contributed by atoms with Gasteiger partial charge in [0.05, 0.1) is 9.40 Å². The molecule has 1 unspecified atom stereocenters. The van der Waals surface area contributed by atoms with Crippen LogP contribution in [0, 0.1) is 16.0 Å². The molecule has 0 heterocycles. The topological polar surface area (TPSA) is 75.4 Å². The van der Waals surface area contributed by atoms with Crippen molar-refractivity contribution < 1.29 is 10.0 Å². The van der Waals surface area contributed by atoms with Gasteiger partial charge in [-0.3, -0.25) is 10.1 Å². The molecule has 1 aromatic carbocycles. The Balaban J connectivity index is 2.54. The first-order valence-electron chi connectivity index (χ1n) is 6.32. The lowest BCUT2D eigenvalue weighted by atomic mass is 10.0. The molecule has 0 fully saturated rings. The minimum atomic E-state index is -0.395. The van der Waals surface area contributed by atoms with E-state index in [1.54, 1.807) is 12.1 Å². The van der Waals surface area contributed by atoms with Crippen LogP contribution >= 0.6 is 15.9 Å². The van der Waals surface area contributed by atoms with Crippen LogP contribution in [0.25, 0.3) is 0 Å². The van der Waals surface area contributed by atoms with E-state index in [0.29, 0.717) is 16.9 Å². The molecule has 0 saturated carbocycles. The van der Waals surface area contributed by atoms with Crippen molar-refractivity contribution in [3.63, 3.8) is 0 Å². The van der Waals surface area contributed by atoms with Gasteiger partial charge in [0.25, 0.3) is 5.69 Å². The van der Waals surface area contributed by atoms with E-state index in [1.807, 2.05) is 6.07 Å². The number of hydrogen-bond acceptors (Lipinski definition) is 4. The van der Waals surface area contributed by atoms with Crippen molar-refractivity contribution >= 4 is 21.6 Å². The Kier molecular flexibility index (Phi) is 6.97. The van der Waals surface area contributed by atoms with Gasteiger partial charge in [0.2, 0.25) is 0 Å². The summed E-state index contributed by atoms with van der Waals surface area (Å²) in [5, 5.41) is 23.0. The van der Waals surface area contributed by atoms with Crippen molar-refractivity contribution in [1.82, 2.24) is 5.32 Å². The van der Waals surface area contributed by atoms with Gasteiger partial charge in [-0.2, -0.15) is 0 Å². The molecule has 0 aliphatic rings. The van der Waals surface area contributed by atoms with E-state index in [9.17, 15) is 10.1 Å². The number of aliphatic hydroxyl groups is 1. The van der Waals surface area contributed by atoms with Crippen molar-refractivity contribution in [2.24, 2.45) is 5.92 Å². The van der Waals surface area contributed by atoms with Crippen molar-refractivity contribution in [2.45, 2.75) is 26.3 Å².